The molecular formula is C25H32N4O2. The molecule has 3 atom stereocenters. The van der Waals surface area contributed by atoms with E-state index in [9.17, 15) is 9.59 Å². The zero-order chi connectivity index (χ0) is 21.8. The summed E-state index contributed by atoms with van der Waals surface area (Å²) in [5.74, 6) is 1.57. The summed E-state index contributed by atoms with van der Waals surface area (Å²) in [5.41, 5.74) is 2.97. The molecule has 0 saturated heterocycles. The molecule has 2 fully saturated rings. The highest BCUT2D eigenvalue weighted by atomic mass is 16.2. The Kier molecular flexibility index (Phi) is 6.54. The molecule has 0 spiro atoms. The van der Waals surface area contributed by atoms with Gasteiger partial charge in [0, 0.05) is 24.8 Å². The average Bonchev–Trinajstić information content (AvgIpc) is 2.80. The fourth-order valence-electron chi connectivity index (χ4n) is 5.26. The molecule has 1 aromatic heterocycles. The number of aromatic nitrogens is 1. The predicted molar refractivity (Wildman–Crippen MR) is 124 cm³/mol. The van der Waals surface area contributed by atoms with E-state index in [0.29, 0.717) is 28.9 Å². The molecule has 2 amide bonds. The summed E-state index contributed by atoms with van der Waals surface area (Å²) in [7, 11) is 1.59. The minimum absolute atomic E-state index is 0.0361. The predicted octanol–water partition coefficient (Wildman–Crippen LogP) is 5.04. The van der Waals surface area contributed by atoms with Crippen molar-refractivity contribution in [1.29, 1.82) is 0 Å². The van der Waals surface area contributed by atoms with E-state index < -0.39 is 0 Å². The number of nitrogens with zero attached hydrogens (tertiary/aromatic N) is 1. The van der Waals surface area contributed by atoms with Gasteiger partial charge in [-0.05, 0) is 49.3 Å². The number of anilines is 3. The third-order valence-corrected chi connectivity index (χ3v) is 6.94. The van der Waals surface area contributed by atoms with Crippen LogP contribution in [0.3, 0.4) is 0 Å². The van der Waals surface area contributed by atoms with Gasteiger partial charge in [0.05, 0.1) is 11.3 Å². The molecule has 1 aromatic carbocycles. The Hall–Kier alpha value is -2.89. The lowest BCUT2D eigenvalue weighted by molar-refractivity contribution is -0.124. The van der Waals surface area contributed by atoms with Crippen molar-refractivity contribution in [3.63, 3.8) is 0 Å². The highest BCUT2D eigenvalue weighted by molar-refractivity contribution is 6.00. The fraction of sp³-hybridized carbons (Fsp3) is 0.480. The van der Waals surface area contributed by atoms with Gasteiger partial charge >= 0.3 is 0 Å². The van der Waals surface area contributed by atoms with Crippen molar-refractivity contribution in [2.45, 2.75) is 51.9 Å². The van der Waals surface area contributed by atoms with Gasteiger partial charge in [-0.25, -0.2) is 4.98 Å². The maximum atomic E-state index is 13.4. The van der Waals surface area contributed by atoms with E-state index in [1.165, 1.54) is 31.9 Å². The van der Waals surface area contributed by atoms with Crippen LogP contribution in [-0.2, 0) is 4.79 Å². The molecule has 2 saturated carbocycles. The van der Waals surface area contributed by atoms with E-state index in [1.54, 1.807) is 13.1 Å². The van der Waals surface area contributed by atoms with E-state index in [0.717, 1.165) is 30.5 Å². The van der Waals surface area contributed by atoms with E-state index in [4.69, 9.17) is 0 Å². The summed E-state index contributed by atoms with van der Waals surface area (Å²) >= 11 is 0. The van der Waals surface area contributed by atoms with Crippen LogP contribution in [0.1, 0.15) is 60.9 Å². The molecule has 164 valence electrons. The van der Waals surface area contributed by atoms with Crippen LogP contribution < -0.4 is 16.0 Å². The molecule has 1 heterocycles. The van der Waals surface area contributed by atoms with Crippen molar-refractivity contribution in [2.75, 3.05) is 17.7 Å². The molecule has 4 rings (SSSR count). The third-order valence-electron chi connectivity index (χ3n) is 6.94. The van der Waals surface area contributed by atoms with E-state index in [2.05, 4.69) is 20.9 Å². The SMILES string of the molecule is CNC(=O)c1cnc(Nc2ccccc2C)c(NC(=O)C2CCCC3CCCCC32)c1. The maximum Gasteiger partial charge on any atom is 0.252 e. The lowest BCUT2D eigenvalue weighted by Gasteiger charge is -2.40. The first kappa shape index (κ1) is 21.3. The second kappa shape index (κ2) is 9.50. The van der Waals surface area contributed by atoms with Crippen molar-refractivity contribution in [3.8, 4) is 0 Å². The van der Waals surface area contributed by atoms with Crippen LogP contribution in [0.2, 0.25) is 0 Å². The van der Waals surface area contributed by atoms with Crippen LogP contribution in [0.15, 0.2) is 36.5 Å². The van der Waals surface area contributed by atoms with Crippen molar-refractivity contribution >= 4 is 29.0 Å². The molecule has 0 bridgehead atoms. The number of aryl methyl sites for hydroxylation is 1. The first-order valence-electron chi connectivity index (χ1n) is 11.4. The molecule has 3 N–H and O–H groups in total. The van der Waals surface area contributed by atoms with Crippen LogP contribution in [0.4, 0.5) is 17.2 Å². The zero-order valence-electron chi connectivity index (χ0n) is 18.4. The Morgan fingerprint density at radius 2 is 1.77 bits per heavy atom. The Morgan fingerprint density at radius 1 is 1.00 bits per heavy atom. The standard InChI is InChI=1S/C25H32N4O2/c1-16-8-3-6-13-21(16)28-23-22(14-18(15-27-23)24(30)26-2)29-25(31)20-12-7-10-17-9-4-5-11-19(17)20/h3,6,8,13-15,17,19-20H,4-5,7,9-12H2,1-2H3,(H,26,30)(H,27,28)(H,29,31). The van der Waals surface area contributed by atoms with Crippen molar-refractivity contribution in [1.82, 2.24) is 10.3 Å². The maximum absolute atomic E-state index is 13.4. The number of amides is 2. The summed E-state index contributed by atoms with van der Waals surface area (Å²) in [6.07, 6.45) is 9.75. The van der Waals surface area contributed by atoms with Gasteiger partial charge in [-0.15, -0.1) is 0 Å². The number of hydrogen-bond acceptors (Lipinski definition) is 4. The molecular weight excluding hydrogens is 388 g/mol. The molecule has 2 aliphatic rings. The fourth-order valence-corrected chi connectivity index (χ4v) is 5.26. The first-order valence-corrected chi connectivity index (χ1v) is 11.4. The average molecular weight is 421 g/mol. The highest BCUT2D eigenvalue weighted by Crippen LogP contribution is 2.44. The lowest BCUT2D eigenvalue weighted by atomic mass is 9.65. The largest absolute Gasteiger partial charge is 0.355 e. The van der Waals surface area contributed by atoms with Gasteiger partial charge in [-0.1, -0.05) is 50.3 Å². The number of fused-ring (bicyclic) bond motifs is 1. The molecule has 2 aromatic rings. The quantitative estimate of drug-likeness (QED) is 0.633. The monoisotopic (exact) mass is 420 g/mol. The number of hydrogen-bond donors (Lipinski definition) is 3. The van der Waals surface area contributed by atoms with Gasteiger partial charge in [-0.3, -0.25) is 9.59 Å². The molecule has 6 heteroatoms. The number of carbonyl (C=O) groups is 2. The summed E-state index contributed by atoms with van der Waals surface area (Å²) in [6, 6.07) is 9.64. The van der Waals surface area contributed by atoms with Crippen LogP contribution in [0.5, 0.6) is 0 Å². The van der Waals surface area contributed by atoms with E-state index in [1.807, 2.05) is 31.2 Å². The summed E-state index contributed by atoms with van der Waals surface area (Å²) < 4.78 is 0. The topological polar surface area (TPSA) is 83.1 Å². The lowest BCUT2D eigenvalue weighted by Crippen LogP contribution is -2.38. The van der Waals surface area contributed by atoms with Gasteiger partial charge in [0.25, 0.3) is 5.91 Å². The van der Waals surface area contributed by atoms with Crippen LogP contribution in [0.25, 0.3) is 0 Å². The second-order valence-corrected chi connectivity index (χ2v) is 8.87. The molecule has 6 nitrogen and oxygen atoms in total. The molecule has 31 heavy (non-hydrogen) atoms. The number of carbonyl (C=O) groups excluding carboxylic acids is 2. The smallest absolute Gasteiger partial charge is 0.252 e. The second-order valence-electron chi connectivity index (χ2n) is 8.87. The Labute approximate surface area is 184 Å². The Balaban J connectivity index is 1.60. The molecule has 0 aliphatic heterocycles. The molecule has 2 aliphatic carbocycles. The number of benzene rings is 1. The number of nitrogens with one attached hydrogen (secondary N) is 3. The Bertz CT molecular complexity index is 956. The third kappa shape index (κ3) is 4.73. The first-order chi connectivity index (χ1) is 15.1. The summed E-state index contributed by atoms with van der Waals surface area (Å²) in [5, 5.41) is 9.09. The molecule has 3 unspecified atom stereocenters. The van der Waals surface area contributed by atoms with Crippen LogP contribution in [0, 0.1) is 24.7 Å². The highest BCUT2D eigenvalue weighted by Gasteiger charge is 2.38. The van der Waals surface area contributed by atoms with E-state index in [-0.39, 0.29) is 17.7 Å². The minimum Gasteiger partial charge on any atom is -0.355 e. The van der Waals surface area contributed by atoms with Crippen LogP contribution >= 0.6 is 0 Å². The van der Waals surface area contributed by atoms with Gasteiger partial charge < -0.3 is 16.0 Å². The van der Waals surface area contributed by atoms with E-state index >= 15 is 0 Å². The van der Waals surface area contributed by atoms with Crippen molar-refractivity contribution < 1.29 is 9.59 Å². The molecule has 0 radical (unpaired) electrons. The zero-order valence-corrected chi connectivity index (χ0v) is 18.4. The minimum atomic E-state index is -0.226. The Morgan fingerprint density at radius 3 is 2.58 bits per heavy atom. The van der Waals surface area contributed by atoms with Gasteiger partial charge in [0.2, 0.25) is 5.91 Å². The van der Waals surface area contributed by atoms with Gasteiger partial charge in [0.15, 0.2) is 5.82 Å². The number of para-hydroxylation sites is 1. The van der Waals surface area contributed by atoms with Crippen molar-refractivity contribution in [2.24, 2.45) is 17.8 Å². The summed E-state index contributed by atoms with van der Waals surface area (Å²) in [6.45, 7) is 2.02. The van der Waals surface area contributed by atoms with Gasteiger partial charge in [0.1, 0.15) is 0 Å². The van der Waals surface area contributed by atoms with Crippen molar-refractivity contribution in [3.05, 3.63) is 47.7 Å². The van der Waals surface area contributed by atoms with Gasteiger partial charge in [-0.2, -0.15) is 0 Å². The van der Waals surface area contributed by atoms with Crippen LogP contribution in [-0.4, -0.2) is 23.8 Å². The normalized spacial score (nSPS) is 22.8. The number of pyridine rings is 1. The summed E-state index contributed by atoms with van der Waals surface area (Å²) in [4.78, 5) is 30.0. The number of rotatable bonds is 5.